The molecule has 2 aromatic rings. The van der Waals surface area contributed by atoms with E-state index in [-0.39, 0.29) is 5.56 Å². The normalized spacial score (nSPS) is 10.4. The van der Waals surface area contributed by atoms with Gasteiger partial charge in [-0.3, -0.25) is 9.78 Å². The standard InChI is InChI=1S/C9H8N2O/c1-11-8-4-5-10-6-7(8)2-3-9(11)12/h2-6H,1H3. The maximum Gasteiger partial charge on any atom is 0.250 e. The quantitative estimate of drug-likeness (QED) is 0.574. The third-order valence-electron chi connectivity index (χ3n) is 1.93. The second-order valence-corrected chi connectivity index (χ2v) is 2.67. The van der Waals surface area contributed by atoms with E-state index >= 15 is 0 Å². The number of hydrogen-bond acceptors (Lipinski definition) is 2. The highest BCUT2D eigenvalue weighted by atomic mass is 16.1. The number of nitrogens with zero attached hydrogens (tertiary/aromatic N) is 2. The highest BCUT2D eigenvalue weighted by Gasteiger charge is 1.96. The Hall–Kier alpha value is -1.64. The molecule has 0 atom stereocenters. The van der Waals surface area contributed by atoms with Gasteiger partial charge in [0.2, 0.25) is 0 Å². The monoisotopic (exact) mass is 160 g/mol. The second-order valence-electron chi connectivity index (χ2n) is 2.67. The van der Waals surface area contributed by atoms with E-state index in [9.17, 15) is 4.79 Å². The summed E-state index contributed by atoms with van der Waals surface area (Å²) in [5.41, 5.74) is 0.922. The minimum atomic E-state index is 0.00806. The van der Waals surface area contributed by atoms with Crippen molar-refractivity contribution in [2.75, 3.05) is 0 Å². The fourth-order valence-corrected chi connectivity index (χ4v) is 1.22. The Morgan fingerprint density at radius 1 is 1.33 bits per heavy atom. The van der Waals surface area contributed by atoms with Gasteiger partial charge in [0, 0.05) is 30.9 Å². The predicted molar refractivity (Wildman–Crippen MR) is 47.0 cm³/mol. The molecule has 0 N–H and O–H groups in total. The van der Waals surface area contributed by atoms with Gasteiger partial charge in [0.1, 0.15) is 0 Å². The summed E-state index contributed by atoms with van der Waals surface area (Å²) >= 11 is 0. The molecular weight excluding hydrogens is 152 g/mol. The van der Waals surface area contributed by atoms with Crippen LogP contribution in [0.2, 0.25) is 0 Å². The van der Waals surface area contributed by atoms with Crippen molar-refractivity contribution >= 4 is 10.9 Å². The first-order valence-electron chi connectivity index (χ1n) is 3.69. The van der Waals surface area contributed by atoms with Crippen LogP contribution in [0.15, 0.2) is 35.4 Å². The zero-order chi connectivity index (χ0) is 8.55. The van der Waals surface area contributed by atoms with Crippen LogP contribution in [0.1, 0.15) is 0 Å². The summed E-state index contributed by atoms with van der Waals surface area (Å²) in [4.78, 5) is 15.1. The van der Waals surface area contributed by atoms with Crippen molar-refractivity contribution in [2.24, 2.45) is 7.05 Å². The number of aromatic nitrogens is 2. The average Bonchev–Trinajstić information content (AvgIpc) is 2.12. The van der Waals surface area contributed by atoms with Crippen molar-refractivity contribution in [3.63, 3.8) is 0 Å². The summed E-state index contributed by atoms with van der Waals surface area (Å²) in [5.74, 6) is 0. The van der Waals surface area contributed by atoms with Crippen LogP contribution in [0, 0.1) is 0 Å². The molecule has 0 unspecified atom stereocenters. The van der Waals surface area contributed by atoms with E-state index in [0.717, 1.165) is 10.9 Å². The molecule has 0 saturated carbocycles. The lowest BCUT2D eigenvalue weighted by Crippen LogP contribution is -2.14. The van der Waals surface area contributed by atoms with Crippen molar-refractivity contribution < 1.29 is 0 Å². The van der Waals surface area contributed by atoms with E-state index in [1.54, 1.807) is 36.1 Å². The van der Waals surface area contributed by atoms with Crippen LogP contribution in [0.4, 0.5) is 0 Å². The first-order chi connectivity index (χ1) is 5.79. The van der Waals surface area contributed by atoms with E-state index in [4.69, 9.17) is 0 Å². The minimum Gasteiger partial charge on any atom is -0.311 e. The topological polar surface area (TPSA) is 34.9 Å². The lowest BCUT2D eigenvalue weighted by molar-refractivity contribution is 0.905. The minimum absolute atomic E-state index is 0.00806. The maximum absolute atomic E-state index is 11.2. The largest absolute Gasteiger partial charge is 0.311 e. The molecule has 0 fully saturated rings. The molecule has 12 heavy (non-hydrogen) atoms. The highest BCUT2D eigenvalue weighted by molar-refractivity contribution is 5.77. The number of pyridine rings is 2. The molecule has 0 amide bonds. The SMILES string of the molecule is Cn1c(=O)ccc2cnccc21. The molecule has 0 bridgehead atoms. The molecule has 2 aromatic heterocycles. The third kappa shape index (κ3) is 0.906. The zero-order valence-corrected chi connectivity index (χ0v) is 6.69. The summed E-state index contributed by atoms with van der Waals surface area (Å²) in [7, 11) is 1.75. The fourth-order valence-electron chi connectivity index (χ4n) is 1.22. The zero-order valence-electron chi connectivity index (χ0n) is 6.69. The smallest absolute Gasteiger partial charge is 0.250 e. The number of hydrogen-bond donors (Lipinski definition) is 0. The van der Waals surface area contributed by atoms with E-state index in [2.05, 4.69) is 4.98 Å². The Bertz CT molecular complexity index is 473. The Morgan fingerprint density at radius 2 is 2.17 bits per heavy atom. The Balaban J connectivity index is 3.01. The molecule has 60 valence electrons. The van der Waals surface area contributed by atoms with Crippen molar-refractivity contribution in [1.82, 2.24) is 9.55 Å². The fraction of sp³-hybridized carbons (Fsp3) is 0.111. The summed E-state index contributed by atoms with van der Waals surface area (Å²) in [6.45, 7) is 0. The van der Waals surface area contributed by atoms with Gasteiger partial charge in [0.25, 0.3) is 5.56 Å². The van der Waals surface area contributed by atoms with Crippen LogP contribution in [0.5, 0.6) is 0 Å². The summed E-state index contributed by atoms with van der Waals surface area (Å²) in [6, 6.07) is 5.16. The second kappa shape index (κ2) is 2.44. The van der Waals surface area contributed by atoms with Crippen LogP contribution >= 0.6 is 0 Å². The first-order valence-corrected chi connectivity index (χ1v) is 3.69. The van der Waals surface area contributed by atoms with E-state index in [0.29, 0.717) is 0 Å². The third-order valence-corrected chi connectivity index (χ3v) is 1.93. The Labute approximate surface area is 69.3 Å². The molecule has 0 aromatic carbocycles. The number of fused-ring (bicyclic) bond motifs is 1. The van der Waals surface area contributed by atoms with Gasteiger partial charge in [0.15, 0.2) is 0 Å². The first kappa shape index (κ1) is 7.03. The van der Waals surface area contributed by atoms with Crippen molar-refractivity contribution in [2.45, 2.75) is 0 Å². The Morgan fingerprint density at radius 3 is 3.00 bits per heavy atom. The molecule has 0 saturated heterocycles. The van der Waals surface area contributed by atoms with Gasteiger partial charge >= 0.3 is 0 Å². The number of rotatable bonds is 0. The van der Waals surface area contributed by atoms with Gasteiger partial charge in [-0.1, -0.05) is 0 Å². The van der Waals surface area contributed by atoms with Crippen LogP contribution < -0.4 is 5.56 Å². The molecule has 0 aliphatic heterocycles. The van der Waals surface area contributed by atoms with Gasteiger partial charge in [-0.25, -0.2) is 0 Å². The predicted octanol–water partition coefficient (Wildman–Crippen LogP) is 0.933. The maximum atomic E-state index is 11.2. The molecule has 0 aliphatic rings. The summed E-state index contributed by atoms with van der Waals surface area (Å²) < 4.78 is 1.61. The summed E-state index contributed by atoms with van der Waals surface area (Å²) in [5, 5.41) is 0.986. The van der Waals surface area contributed by atoms with Crippen molar-refractivity contribution in [3.8, 4) is 0 Å². The molecular formula is C9H8N2O. The highest BCUT2D eigenvalue weighted by Crippen LogP contribution is 2.06. The lowest BCUT2D eigenvalue weighted by Gasteiger charge is -2.01. The molecule has 2 rings (SSSR count). The average molecular weight is 160 g/mol. The van der Waals surface area contributed by atoms with Gasteiger partial charge in [-0.2, -0.15) is 0 Å². The molecule has 0 spiro atoms. The van der Waals surface area contributed by atoms with Crippen molar-refractivity contribution in [3.05, 3.63) is 40.9 Å². The molecule has 2 heterocycles. The van der Waals surface area contributed by atoms with Gasteiger partial charge in [-0.05, 0) is 12.1 Å². The van der Waals surface area contributed by atoms with E-state index in [1.807, 2.05) is 6.07 Å². The Kier molecular flexibility index (Phi) is 1.43. The lowest BCUT2D eigenvalue weighted by atomic mass is 10.3. The van der Waals surface area contributed by atoms with Crippen LogP contribution in [0.3, 0.4) is 0 Å². The molecule has 3 heteroatoms. The van der Waals surface area contributed by atoms with Gasteiger partial charge in [-0.15, -0.1) is 0 Å². The molecule has 3 nitrogen and oxygen atoms in total. The van der Waals surface area contributed by atoms with Crippen molar-refractivity contribution in [1.29, 1.82) is 0 Å². The van der Waals surface area contributed by atoms with Crippen LogP contribution in [-0.4, -0.2) is 9.55 Å². The number of aryl methyl sites for hydroxylation is 1. The summed E-state index contributed by atoms with van der Waals surface area (Å²) in [6.07, 6.45) is 3.43. The molecule has 0 radical (unpaired) electrons. The van der Waals surface area contributed by atoms with Gasteiger partial charge in [0.05, 0.1) is 5.52 Å². The molecule has 0 aliphatic carbocycles. The van der Waals surface area contributed by atoms with E-state index < -0.39 is 0 Å². The van der Waals surface area contributed by atoms with Gasteiger partial charge < -0.3 is 4.57 Å². The van der Waals surface area contributed by atoms with E-state index in [1.165, 1.54) is 0 Å². The van der Waals surface area contributed by atoms with Crippen LogP contribution in [0.25, 0.3) is 10.9 Å². The van der Waals surface area contributed by atoms with Crippen LogP contribution in [-0.2, 0) is 7.05 Å².